The van der Waals surface area contributed by atoms with Gasteiger partial charge < -0.3 is 4.74 Å². The average molecular weight is 307 g/mol. The smallest absolute Gasteiger partial charge is 0.152 e. The van der Waals surface area contributed by atoms with Crippen molar-refractivity contribution in [3.05, 3.63) is 90.1 Å². The standard InChI is InChI=1S/C19H17NOS/c1-3-8-16(9-4-1)14-21-18-12-7-13-20-19(18)22-15-17-10-5-2-6-11-17/h1-13H,14-15H2. The molecule has 0 aliphatic carbocycles. The molecular formula is C19H17NOS. The quantitative estimate of drug-likeness (QED) is 0.601. The monoisotopic (exact) mass is 307 g/mol. The van der Waals surface area contributed by atoms with Crippen molar-refractivity contribution in [1.82, 2.24) is 4.98 Å². The van der Waals surface area contributed by atoms with E-state index in [4.69, 9.17) is 4.74 Å². The van der Waals surface area contributed by atoms with Crippen LogP contribution in [0.15, 0.2) is 84.0 Å². The van der Waals surface area contributed by atoms with Gasteiger partial charge in [-0.15, -0.1) is 0 Å². The van der Waals surface area contributed by atoms with Gasteiger partial charge in [-0.1, -0.05) is 72.4 Å². The lowest BCUT2D eigenvalue weighted by Gasteiger charge is -2.10. The van der Waals surface area contributed by atoms with Gasteiger partial charge in [0.25, 0.3) is 0 Å². The minimum atomic E-state index is 0.561. The molecule has 0 fully saturated rings. The van der Waals surface area contributed by atoms with Gasteiger partial charge in [0.2, 0.25) is 0 Å². The minimum absolute atomic E-state index is 0.561. The number of pyridine rings is 1. The Balaban J connectivity index is 1.65. The first kappa shape index (κ1) is 14.7. The Hall–Kier alpha value is -2.26. The Kier molecular flexibility index (Phi) is 5.11. The third-order valence-electron chi connectivity index (χ3n) is 3.19. The molecule has 0 radical (unpaired) electrons. The van der Waals surface area contributed by atoms with Crippen LogP contribution >= 0.6 is 11.8 Å². The van der Waals surface area contributed by atoms with Crippen LogP contribution in [0.3, 0.4) is 0 Å². The van der Waals surface area contributed by atoms with Gasteiger partial charge in [0.15, 0.2) is 5.75 Å². The molecule has 0 atom stereocenters. The van der Waals surface area contributed by atoms with Crippen LogP contribution in [0, 0.1) is 0 Å². The summed E-state index contributed by atoms with van der Waals surface area (Å²) in [5, 5.41) is 0.933. The van der Waals surface area contributed by atoms with Gasteiger partial charge in [-0.3, -0.25) is 0 Å². The van der Waals surface area contributed by atoms with Gasteiger partial charge in [0, 0.05) is 11.9 Å². The van der Waals surface area contributed by atoms with Crippen LogP contribution in [0.2, 0.25) is 0 Å². The maximum atomic E-state index is 5.93. The van der Waals surface area contributed by atoms with Gasteiger partial charge in [-0.25, -0.2) is 4.98 Å². The first-order valence-corrected chi connectivity index (χ1v) is 8.19. The van der Waals surface area contributed by atoms with Crippen molar-refractivity contribution in [2.24, 2.45) is 0 Å². The van der Waals surface area contributed by atoms with Crippen LogP contribution in [0.1, 0.15) is 11.1 Å². The first-order chi connectivity index (χ1) is 10.9. The van der Waals surface area contributed by atoms with E-state index in [-0.39, 0.29) is 0 Å². The molecule has 1 aromatic heterocycles. The average Bonchev–Trinajstić information content (AvgIpc) is 2.61. The molecule has 0 spiro atoms. The fourth-order valence-electron chi connectivity index (χ4n) is 2.06. The zero-order valence-electron chi connectivity index (χ0n) is 12.2. The Bertz CT molecular complexity index is 638. The highest BCUT2D eigenvalue weighted by molar-refractivity contribution is 7.98. The van der Waals surface area contributed by atoms with E-state index in [1.54, 1.807) is 11.8 Å². The van der Waals surface area contributed by atoms with Gasteiger partial charge in [-0.2, -0.15) is 0 Å². The van der Waals surface area contributed by atoms with E-state index in [9.17, 15) is 0 Å². The molecule has 3 rings (SSSR count). The van der Waals surface area contributed by atoms with Gasteiger partial charge in [0.1, 0.15) is 11.6 Å². The van der Waals surface area contributed by atoms with E-state index in [1.165, 1.54) is 5.56 Å². The van der Waals surface area contributed by atoms with Gasteiger partial charge in [0.05, 0.1) is 0 Å². The molecule has 0 unspecified atom stereocenters. The topological polar surface area (TPSA) is 22.1 Å². The second kappa shape index (κ2) is 7.66. The summed E-state index contributed by atoms with van der Waals surface area (Å²) in [6.45, 7) is 0.561. The molecule has 2 nitrogen and oxygen atoms in total. The molecule has 0 saturated heterocycles. The van der Waals surface area contributed by atoms with Crippen LogP contribution in [0.4, 0.5) is 0 Å². The molecule has 0 bridgehead atoms. The van der Waals surface area contributed by atoms with Gasteiger partial charge in [-0.05, 0) is 23.3 Å². The second-order valence-electron chi connectivity index (χ2n) is 4.86. The van der Waals surface area contributed by atoms with E-state index >= 15 is 0 Å². The summed E-state index contributed by atoms with van der Waals surface area (Å²) in [6.07, 6.45) is 1.81. The fraction of sp³-hybridized carbons (Fsp3) is 0.105. The lowest BCUT2D eigenvalue weighted by Crippen LogP contribution is -1.97. The Morgan fingerprint density at radius 3 is 2.18 bits per heavy atom. The number of nitrogens with zero attached hydrogens (tertiary/aromatic N) is 1. The third-order valence-corrected chi connectivity index (χ3v) is 4.25. The SMILES string of the molecule is c1ccc(COc2cccnc2SCc2ccccc2)cc1. The second-order valence-corrected chi connectivity index (χ2v) is 5.82. The molecule has 0 saturated carbocycles. The van der Waals surface area contributed by atoms with Crippen molar-refractivity contribution in [1.29, 1.82) is 0 Å². The summed E-state index contributed by atoms with van der Waals surface area (Å²) in [5.74, 6) is 1.73. The number of thioether (sulfide) groups is 1. The molecule has 1 heterocycles. The molecule has 0 aliphatic rings. The molecule has 0 aliphatic heterocycles. The number of benzene rings is 2. The van der Waals surface area contributed by atoms with Crippen LogP contribution in [-0.2, 0) is 12.4 Å². The van der Waals surface area contributed by atoms with E-state index in [1.807, 2.05) is 42.6 Å². The highest BCUT2D eigenvalue weighted by Crippen LogP contribution is 2.29. The summed E-state index contributed by atoms with van der Waals surface area (Å²) in [7, 11) is 0. The lowest BCUT2D eigenvalue weighted by molar-refractivity contribution is 0.296. The zero-order chi connectivity index (χ0) is 15.0. The molecule has 3 heteroatoms. The third kappa shape index (κ3) is 4.12. The van der Waals surface area contributed by atoms with Crippen molar-refractivity contribution in [2.45, 2.75) is 17.4 Å². The maximum Gasteiger partial charge on any atom is 0.152 e. The van der Waals surface area contributed by atoms with Crippen molar-refractivity contribution >= 4 is 11.8 Å². The largest absolute Gasteiger partial charge is 0.486 e. The van der Waals surface area contributed by atoms with Crippen molar-refractivity contribution in [3.63, 3.8) is 0 Å². The predicted octanol–water partition coefficient (Wildman–Crippen LogP) is 4.95. The lowest BCUT2D eigenvalue weighted by atomic mass is 10.2. The van der Waals surface area contributed by atoms with E-state index in [0.29, 0.717) is 6.61 Å². The zero-order valence-corrected chi connectivity index (χ0v) is 13.0. The molecule has 22 heavy (non-hydrogen) atoms. The summed E-state index contributed by atoms with van der Waals surface area (Å²) in [4.78, 5) is 4.44. The summed E-state index contributed by atoms with van der Waals surface area (Å²) >= 11 is 1.70. The number of aromatic nitrogens is 1. The van der Waals surface area contributed by atoms with Crippen LogP contribution in [0.5, 0.6) is 5.75 Å². The van der Waals surface area contributed by atoms with Gasteiger partial charge >= 0.3 is 0 Å². The van der Waals surface area contributed by atoms with E-state index in [0.717, 1.165) is 22.1 Å². The van der Waals surface area contributed by atoms with Crippen LogP contribution in [0.25, 0.3) is 0 Å². The Labute approximate surface area is 135 Å². The molecule has 0 N–H and O–H groups in total. The number of hydrogen-bond acceptors (Lipinski definition) is 3. The summed E-state index contributed by atoms with van der Waals surface area (Å²) in [6, 6.07) is 24.5. The number of rotatable bonds is 6. The molecular weight excluding hydrogens is 290 g/mol. The van der Waals surface area contributed by atoms with Crippen molar-refractivity contribution in [2.75, 3.05) is 0 Å². The molecule has 110 valence electrons. The molecule has 0 amide bonds. The highest BCUT2D eigenvalue weighted by atomic mass is 32.2. The van der Waals surface area contributed by atoms with Crippen molar-refractivity contribution in [3.8, 4) is 5.75 Å². The predicted molar refractivity (Wildman–Crippen MR) is 91.0 cm³/mol. The van der Waals surface area contributed by atoms with Crippen molar-refractivity contribution < 1.29 is 4.74 Å². The Morgan fingerprint density at radius 1 is 0.773 bits per heavy atom. The Morgan fingerprint density at radius 2 is 1.45 bits per heavy atom. The fourth-order valence-corrected chi connectivity index (χ4v) is 2.96. The summed E-state index contributed by atoms with van der Waals surface area (Å²) in [5.41, 5.74) is 2.44. The highest BCUT2D eigenvalue weighted by Gasteiger charge is 2.06. The van der Waals surface area contributed by atoms with Crippen LogP contribution in [-0.4, -0.2) is 4.98 Å². The van der Waals surface area contributed by atoms with Crippen LogP contribution < -0.4 is 4.74 Å². The normalized spacial score (nSPS) is 10.4. The number of ether oxygens (including phenoxy) is 1. The minimum Gasteiger partial charge on any atom is -0.486 e. The van der Waals surface area contributed by atoms with E-state index < -0.39 is 0 Å². The van der Waals surface area contributed by atoms with E-state index in [2.05, 4.69) is 41.4 Å². The maximum absolute atomic E-state index is 5.93. The first-order valence-electron chi connectivity index (χ1n) is 7.20. The summed E-state index contributed by atoms with van der Waals surface area (Å²) < 4.78 is 5.93. The molecule has 2 aromatic carbocycles. The molecule has 3 aromatic rings. The number of hydrogen-bond donors (Lipinski definition) is 0.